The second-order valence-electron chi connectivity index (χ2n) is 7.13. The van der Waals surface area contributed by atoms with Gasteiger partial charge in [-0.05, 0) is 62.6 Å². The zero-order valence-corrected chi connectivity index (χ0v) is 19.9. The predicted octanol–water partition coefficient (Wildman–Crippen LogP) is 6.56. The van der Waals surface area contributed by atoms with E-state index in [4.69, 9.17) is 4.74 Å². The number of nitrogens with zero attached hydrogens (tertiary/aromatic N) is 1. The third-order valence-electron chi connectivity index (χ3n) is 4.81. The molecule has 1 N–H and O–H groups in total. The molecule has 0 atom stereocenters. The fourth-order valence-corrected chi connectivity index (χ4v) is 4.54. The number of rotatable bonds is 8. The Morgan fingerprint density at radius 2 is 1.82 bits per heavy atom. The highest BCUT2D eigenvalue weighted by Crippen LogP contribution is 2.28. The summed E-state index contributed by atoms with van der Waals surface area (Å²) in [6.45, 7) is 0.128. The lowest BCUT2D eigenvalue weighted by molar-refractivity contribution is -0.118. The van der Waals surface area contributed by atoms with Crippen LogP contribution < -0.4 is 10.2 Å². The molecule has 0 spiro atoms. The second kappa shape index (κ2) is 11.1. The maximum atomic E-state index is 13.7. The van der Waals surface area contributed by atoms with Crippen molar-refractivity contribution in [2.75, 3.05) is 5.75 Å². The van der Waals surface area contributed by atoms with Crippen molar-refractivity contribution in [1.29, 1.82) is 0 Å². The van der Waals surface area contributed by atoms with Crippen molar-refractivity contribution in [2.24, 2.45) is 5.10 Å². The summed E-state index contributed by atoms with van der Waals surface area (Å²) >= 11 is 4.94. The number of hydrogen-bond donors (Lipinski definition) is 1. The number of carbonyl (C=O) groups excluding carboxylic acids is 1. The summed E-state index contributed by atoms with van der Waals surface area (Å²) in [4.78, 5) is 13.3. The van der Waals surface area contributed by atoms with E-state index in [1.165, 1.54) is 17.8 Å². The third-order valence-corrected chi connectivity index (χ3v) is 6.50. The summed E-state index contributed by atoms with van der Waals surface area (Å²) in [5.41, 5.74) is 3.82. The van der Waals surface area contributed by atoms with E-state index in [9.17, 15) is 9.18 Å². The SMILES string of the molecule is O=C(CSc1cccc2ccccc12)N/N=C/c1ccc(OCc2ccccc2F)c(Br)c1. The average Bonchev–Trinajstić information content (AvgIpc) is 2.83. The monoisotopic (exact) mass is 522 g/mol. The molecule has 7 heteroatoms. The molecule has 0 radical (unpaired) electrons. The van der Waals surface area contributed by atoms with Crippen LogP contribution in [-0.4, -0.2) is 17.9 Å². The minimum Gasteiger partial charge on any atom is -0.488 e. The lowest BCUT2D eigenvalue weighted by Crippen LogP contribution is -2.19. The highest BCUT2D eigenvalue weighted by Gasteiger charge is 2.07. The summed E-state index contributed by atoms with van der Waals surface area (Å²) in [7, 11) is 0. The van der Waals surface area contributed by atoms with Crippen molar-refractivity contribution >= 4 is 50.6 Å². The standard InChI is InChI=1S/C26H20BrFN2O2S/c27-22-14-18(12-13-24(22)32-16-20-7-2-4-10-23(20)28)15-29-30-26(31)17-33-25-11-5-8-19-6-1-3-9-21(19)25/h1-15H,16-17H2,(H,30,31)/b29-15+. The molecule has 4 nitrogen and oxygen atoms in total. The normalized spacial score (nSPS) is 11.1. The van der Waals surface area contributed by atoms with Crippen LogP contribution in [0.15, 0.2) is 99.4 Å². The van der Waals surface area contributed by atoms with Crippen LogP contribution in [0.2, 0.25) is 0 Å². The molecule has 4 rings (SSSR count). The van der Waals surface area contributed by atoms with Crippen molar-refractivity contribution in [1.82, 2.24) is 5.43 Å². The number of fused-ring (bicyclic) bond motifs is 1. The summed E-state index contributed by atoms with van der Waals surface area (Å²) < 4.78 is 20.1. The Balaban J connectivity index is 1.29. The molecule has 4 aromatic rings. The molecule has 0 heterocycles. The average molecular weight is 523 g/mol. The number of hydrazone groups is 1. The van der Waals surface area contributed by atoms with Crippen LogP contribution in [0.5, 0.6) is 5.75 Å². The molecule has 0 aliphatic carbocycles. The summed E-state index contributed by atoms with van der Waals surface area (Å²) in [5, 5.41) is 6.32. The van der Waals surface area contributed by atoms with Crippen molar-refractivity contribution < 1.29 is 13.9 Å². The number of carbonyl (C=O) groups is 1. The lowest BCUT2D eigenvalue weighted by atomic mass is 10.1. The van der Waals surface area contributed by atoms with E-state index in [1.807, 2.05) is 36.4 Å². The first-order chi connectivity index (χ1) is 16.1. The molecule has 4 aromatic carbocycles. The molecule has 0 aromatic heterocycles. The second-order valence-corrected chi connectivity index (χ2v) is 9.00. The van der Waals surface area contributed by atoms with Crippen molar-refractivity contribution in [2.45, 2.75) is 11.5 Å². The van der Waals surface area contributed by atoms with Crippen LogP contribution in [0.1, 0.15) is 11.1 Å². The van der Waals surface area contributed by atoms with E-state index in [-0.39, 0.29) is 24.1 Å². The smallest absolute Gasteiger partial charge is 0.250 e. The first-order valence-electron chi connectivity index (χ1n) is 10.2. The Bertz CT molecular complexity index is 1310. The maximum Gasteiger partial charge on any atom is 0.250 e. The number of benzene rings is 4. The Labute approximate surface area is 204 Å². The fourth-order valence-electron chi connectivity index (χ4n) is 3.16. The zero-order chi connectivity index (χ0) is 23.0. The summed E-state index contributed by atoms with van der Waals surface area (Å²) in [6, 6.07) is 26.0. The molecule has 0 aliphatic rings. The van der Waals surface area contributed by atoms with Gasteiger partial charge in [-0.3, -0.25) is 4.79 Å². The number of ether oxygens (including phenoxy) is 1. The largest absolute Gasteiger partial charge is 0.488 e. The van der Waals surface area contributed by atoms with Crippen molar-refractivity contribution in [3.05, 3.63) is 106 Å². The molecule has 0 aliphatic heterocycles. The van der Waals surface area contributed by atoms with Crippen molar-refractivity contribution in [3.8, 4) is 5.75 Å². The molecule has 0 bridgehead atoms. The molecule has 0 unspecified atom stereocenters. The van der Waals surface area contributed by atoms with Crippen LogP contribution in [0, 0.1) is 5.82 Å². The zero-order valence-electron chi connectivity index (χ0n) is 17.5. The number of halogens is 2. The van der Waals surface area contributed by atoms with Gasteiger partial charge in [-0.15, -0.1) is 11.8 Å². The van der Waals surface area contributed by atoms with Gasteiger partial charge in [0.25, 0.3) is 0 Å². The van der Waals surface area contributed by atoms with E-state index in [2.05, 4.69) is 44.7 Å². The van der Waals surface area contributed by atoms with Gasteiger partial charge in [0.15, 0.2) is 0 Å². The minimum absolute atomic E-state index is 0.128. The van der Waals surface area contributed by atoms with Gasteiger partial charge < -0.3 is 4.74 Å². The quantitative estimate of drug-likeness (QED) is 0.162. The third kappa shape index (κ3) is 6.21. The van der Waals surface area contributed by atoms with Gasteiger partial charge in [-0.2, -0.15) is 5.10 Å². The van der Waals surface area contributed by atoms with Gasteiger partial charge in [0.1, 0.15) is 18.2 Å². The molecular weight excluding hydrogens is 503 g/mol. The van der Waals surface area contributed by atoms with Crippen molar-refractivity contribution in [3.63, 3.8) is 0 Å². The van der Waals surface area contributed by atoms with E-state index < -0.39 is 0 Å². The predicted molar refractivity (Wildman–Crippen MR) is 135 cm³/mol. The van der Waals surface area contributed by atoms with Gasteiger partial charge in [-0.1, -0.05) is 54.6 Å². The molecule has 0 fully saturated rings. The van der Waals surface area contributed by atoms with E-state index >= 15 is 0 Å². The Hall–Kier alpha value is -3.16. The molecule has 33 heavy (non-hydrogen) atoms. The highest BCUT2D eigenvalue weighted by atomic mass is 79.9. The lowest BCUT2D eigenvalue weighted by Gasteiger charge is -2.09. The van der Waals surface area contributed by atoms with E-state index in [0.717, 1.165) is 21.2 Å². The van der Waals surface area contributed by atoms with Crippen LogP contribution in [0.25, 0.3) is 10.8 Å². The fraction of sp³-hybridized carbons (Fsp3) is 0.0769. The molecule has 166 valence electrons. The number of thioether (sulfide) groups is 1. The Morgan fingerprint density at radius 3 is 2.67 bits per heavy atom. The number of amides is 1. The Kier molecular flexibility index (Phi) is 7.75. The maximum absolute atomic E-state index is 13.7. The minimum atomic E-state index is -0.299. The van der Waals surface area contributed by atoms with Crippen LogP contribution in [0.3, 0.4) is 0 Å². The van der Waals surface area contributed by atoms with Gasteiger partial charge in [0.05, 0.1) is 16.4 Å². The summed E-state index contributed by atoms with van der Waals surface area (Å²) in [5.74, 6) is 0.364. The Morgan fingerprint density at radius 1 is 1.03 bits per heavy atom. The number of hydrogen-bond acceptors (Lipinski definition) is 4. The van der Waals surface area contributed by atoms with Crippen LogP contribution in [0.4, 0.5) is 4.39 Å². The van der Waals surface area contributed by atoms with Crippen LogP contribution in [-0.2, 0) is 11.4 Å². The first-order valence-corrected chi connectivity index (χ1v) is 12.0. The van der Waals surface area contributed by atoms with Gasteiger partial charge in [0.2, 0.25) is 5.91 Å². The summed E-state index contributed by atoms with van der Waals surface area (Å²) in [6.07, 6.45) is 1.56. The van der Waals surface area contributed by atoms with E-state index in [0.29, 0.717) is 15.8 Å². The number of nitrogens with one attached hydrogen (secondary N) is 1. The molecule has 0 saturated carbocycles. The van der Waals surface area contributed by atoms with Gasteiger partial charge in [-0.25, -0.2) is 9.82 Å². The van der Waals surface area contributed by atoms with Gasteiger partial charge in [0, 0.05) is 10.5 Å². The van der Waals surface area contributed by atoms with Gasteiger partial charge >= 0.3 is 0 Å². The first kappa shape index (κ1) is 23.0. The molecule has 1 amide bonds. The van der Waals surface area contributed by atoms with Crippen LogP contribution >= 0.6 is 27.7 Å². The molecule has 0 saturated heterocycles. The highest BCUT2D eigenvalue weighted by molar-refractivity contribution is 9.10. The van der Waals surface area contributed by atoms with E-state index in [1.54, 1.807) is 30.5 Å². The molecular formula is C26H20BrFN2O2S. The topological polar surface area (TPSA) is 50.7 Å².